The van der Waals surface area contributed by atoms with E-state index in [4.69, 9.17) is 0 Å². The van der Waals surface area contributed by atoms with Crippen molar-refractivity contribution >= 4 is 5.78 Å². The van der Waals surface area contributed by atoms with E-state index in [1.165, 1.54) is 11.1 Å². The van der Waals surface area contributed by atoms with Crippen LogP contribution in [0, 0.1) is 6.92 Å². The summed E-state index contributed by atoms with van der Waals surface area (Å²) in [6, 6.07) is 8.46. The van der Waals surface area contributed by atoms with E-state index >= 15 is 0 Å². The zero-order valence-electron chi connectivity index (χ0n) is 9.20. The molecule has 1 aliphatic heterocycles. The van der Waals surface area contributed by atoms with Crippen molar-refractivity contribution in [1.82, 2.24) is 4.90 Å². The van der Waals surface area contributed by atoms with Crippen molar-refractivity contribution in [2.24, 2.45) is 0 Å². The zero-order valence-corrected chi connectivity index (χ0v) is 9.20. The number of rotatable bonds is 2. The lowest BCUT2D eigenvalue weighted by Gasteiger charge is -2.26. The van der Waals surface area contributed by atoms with Gasteiger partial charge in [0, 0.05) is 32.5 Å². The first kappa shape index (κ1) is 10.4. The van der Waals surface area contributed by atoms with E-state index in [1.807, 2.05) is 0 Å². The highest BCUT2D eigenvalue weighted by Gasteiger charge is 2.16. The van der Waals surface area contributed by atoms with Gasteiger partial charge in [-0.15, -0.1) is 0 Å². The van der Waals surface area contributed by atoms with Crippen LogP contribution < -0.4 is 0 Å². The van der Waals surface area contributed by atoms with Crippen LogP contribution in [0.5, 0.6) is 0 Å². The molecular formula is C13H17NO. The van der Waals surface area contributed by atoms with Crippen LogP contribution in [0.3, 0.4) is 0 Å². The monoisotopic (exact) mass is 203 g/mol. The molecule has 0 amide bonds. The van der Waals surface area contributed by atoms with Gasteiger partial charge in [0.2, 0.25) is 0 Å². The number of ketones is 1. The van der Waals surface area contributed by atoms with Gasteiger partial charge in [0.25, 0.3) is 0 Å². The van der Waals surface area contributed by atoms with Gasteiger partial charge < -0.3 is 0 Å². The molecule has 0 aromatic heterocycles. The van der Waals surface area contributed by atoms with E-state index in [0.717, 1.165) is 32.5 Å². The van der Waals surface area contributed by atoms with Crippen LogP contribution in [0.2, 0.25) is 0 Å². The van der Waals surface area contributed by atoms with Gasteiger partial charge in [0.1, 0.15) is 5.78 Å². The van der Waals surface area contributed by atoms with Gasteiger partial charge in [-0.05, 0) is 18.1 Å². The second-order valence-corrected chi connectivity index (χ2v) is 4.24. The lowest BCUT2D eigenvalue weighted by atomic mass is 10.1. The van der Waals surface area contributed by atoms with E-state index in [2.05, 4.69) is 36.1 Å². The van der Waals surface area contributed by atoms with Crippen molar-refractivity contribution in [3.8, 4) is 0 Å². The number of nitrogens with zero attached hydrogens (tertiary/aromatic N) is 1. The van der Waals surface area contributed by atoms with E-state index in [-0.39, 0.29) is 0 Å². The average Bonchev–Trinajstić information content (AvgIpc) is 2.25. The number of likely N-dealkylation sites (tertiary alicyclic amines) is 1. The van der Waals surface area contributed by atoms with Crippen LogP contribution in [-0.4, -0.2) is 23.8 Å². The number of carbonyl (C=O) groups excluding carboxylic acids is 1. The Kier molecular flexibility index (Phi) is 3.17. The Bertz CT molecular complexity index is 349. The molecule has 15 heavy (non-hydrogen) atoms. The minimum atomic E-state index is 0.413. The predicted molar refractivity (Wildman–Crippen MR) is 60.7 cm³/mol. The third kappa shape index (κ3) is 2.66. The van der Waals surface area contributed by atoms with Crippen molar-refractivity contribution in [2.45, 2.75) is 26.3 Å². The minimum Gasteiger partial charge on any atom is -0.300 e. The largest absolute Gasteiger partial charge is 0.300 e. The molecule has 0 atom stereocenters. The summed E-state index contributed by atoms with van der Waals surface area (Å²) in [6.07, 6.45) is 1.46. The van der Waals surface area contributed by atoms with Crippen molar-refractivity contribution in [3.63, 3.8) is 0 Å². The maximum absolute atomic E-state index is 11.1. The molecule has 1 aliphatic rings. The predicted octanol–water partition coefficient (Wildman–Crippen LogP) is 2.16. The summed E-state index contributed by atoms with van der Waals surface area (Å²) in [5.41, 5.74) is 2.72. The van der Waals surface area contributed by atoms with Crippen molar-refractivity contribution < 1.29 is 4.79 Å². The maximum Gasteiger partial charge on any atom is 0.135 e. The first-order valence-corrected chi connectivity index (χ1v) is 5.54. The van der Waals surface area contributed by atoms with E-state index in [0.29, 0.717) is 5.78 Å². The summed E-state index contributed by atoms with van der Waals surface area (Å²) >= 11 is 0. The van der Waals surface area contributed by atoms with Gasteiger partial charge in [-0.1, -0.05) is 24.3 Å². The third-order valence-corrected chi connectivity index (χ3v) is 3.07. The quantitative estimate of drug-likeness (QED) is 0.734. The molecule has 1 aromatic carbocycles. The Morgan fingerprint density at radius 1 is 1.20 bits per heavy atom. The summed E-state index contributed by atoms with van der Waals surface area (Å²) in [6.45, 7) is 4.98. The third-order valence-electron chi connectivity index (χ3n) is 3.07. The van der Waals surface area contributed by atoms with Crippen LogP contribution in [-0.2, 0) is 11.3 Å². The maximum atomic E-state index is 11.1. The fourth-order valence-electron chi connectivity index (χ4n) is 1.99. The number of aryl methyl sites for hydroxylation is 1. The van der Waals surface area contributed by atoms with Crippen LogP contribution in [0.25, 0.3) is 0 Å². The van der Waals surface area contributed by atoms with Crippen LogP contribution in [0.4, 0.5) is 0 Å². The van der Waals surface area contributed by atoms with Gasteiger partial charge in [-0.2, -0.15) is 0 Å². The van der Waals surface area contributed by atoms with Crippen molar-refractivity contribution in [2.75, 3.05) is 13.1 Å². The van der Waals surface area contributed by atoms with E-state index in [9.17, 15) is 4.79 Å². The molecule has 80 valence electrons. The average molecular weight is 203 g/mol. The molecule has 2 heteroatoms. The fraction of sp³-hybridized carbons (Fsp3) is 0.462. The molecular weight excluding hydrogens is 186 g/mol. The summed E-state index contributed by atoms with van der Waals surface area (Å²) in [5.74, 6) is 0.413. The van der Waals surface area contributed by atoms with Crippen molar-refractivity contribution in [1.29, 1.82) is 0 Å². The molecule has 0 N–H and O–H groups in total. The van der Waals surface area contributed by atoms with E-state index < -0.39 is 0 Å². The molecule has 1 aromatic rings. The van der Waals surface area contributed by atoms with Crippen molar-refractivity contribution in [3.05, 3.63) is 35.4 Å². The SMILES string of the molecule is Cc1ccccc1CN1CCC(=O)CC1. The Balaban J connectivity index is 1.97. The molecule has 0 saturated carbocycles. The molecule has 0 radical (unpaired) electrons. The summed E-state index contributed by atoms with van der Waals surface area (Å²) < 4.78 is 0. The van der Waals surface area contributed by atoms with Gasteiger partial charge in [0.05, 0.1) is 0 Å². The molecule has 1 fully saturated rings. The first-order chi connectivity index (χ1) is 7.25. The van der Waals surface area contributed by atoms with Crippen LogP contribution in [0.15, 0.2) is 24.3 Å². The Labute approximate surface area is 90.9 Å². The molecule has 0 bridgehead atoms. The lowest BCUT2D eigenvalue weighted by molar-refractivity contribution is -0.121. The second-order valence-electron chi connectivity index (χ2n) is 4.24. The molecule has 0 aliphatic carbocycles. The number of hydrogen-bond donors (Lipinski definition) is 0. The Morgan fingerprint density at radius 2 is 1.87 bits per heavy atom. The summed E-state index contributed by atoms with van der Waals surface area (Å²) in [7, 11) is 0. The van der Waals surface area contributed by atoms with Gasteiger partial charge in [0.15, 0.2) is 0 Å². The summed E-state index contributed by atoms with van der Waals surface area (Å²) in [4.78, 5) is 13.5. The molecule has 2 rings (SSSR count). The number of piperidine rings is 1. The minimum absolute atomic E-state index is 0.413. The number of hydrogen-bond acceptors (Lipinski definition) is 2. The lowest BCUT2D eigenvalue weighted by Crippen LogP contribution is -2.33. The Morgan fingerprint density at radius 3 is 2.53 bits per heavy atom. The van der Waals surface area contributed by atoms with Crippen LogP contribution in [0.1, 0.15) is 24.0 Å². The normalized spacial score (nSPS) is 18.1. The molecule has 0 unspecified atom stereocenters. The molecule has 0 spiro atoms. The van der Waals surface area contributed by atoms with E-state index in [1.54, 1.807) is 0 Å². The van der Waals surface area contributed by atoms with Crippen LogP contribution >= 0.6 is 0 Å². The zero-order chi connectivity index (χ0) is 10.7. The highest BCUT2D eigenvalue weighted by Crippen LogP contribution is 2.13. The van der Waals surface area contributed by atoms with Gasteiger partial charge in [-0.3, -0.25) is 9.69 Å². The first-order valence-electron chi connectivity index (χ1n) is 5.54. The summed E-state index contributed by atoms with van der Waals surface area (Å²) in [5, 5.41) is 0. The highest BCUT2D eigenvalue weighted by molar-refractivity contribution is 5.79. The fourth-order valence-corrected chi connectivity index (χ4v) is 1.99. The highest BCUT2D eigenvalue weighted by atomic mass is 16.1. The van der Waals surface area contributed by atoms with Gasteiger partial charge >= 0.3 is 0 Å². The number of benzene rings is 1. The molecule has 2 nitrogen and oxygen atoms in total. The number of carbonyl (C=O) groups is 1. The standard InChI is InChI=1S/C13H17NO/c1-11-4-2-3-5-12(11)10-14-8-6-13(15)7-9-14/h2-5H,6-10H2,1H3. The number of Topliss-reactive ketones (excluding diaryl/α,β-unsaturated/α-hetero) is 1. The van der Waals surface area contributed by atoms with Gasteiger partial charge in [-0.25, -0.2) is 0 Å². The second kappa shape index (κ2) is 4.58. The Hall–Kier alpha value is -1.15. The molecule has 1 heterocycles. The topological polar surface area (TPSA) is 20.3 Å². The smallest absolute Gasteiger partial charge is 0.135 e. The molecule has 1 saturated heterocycles.